The number of hydrogen-bond donors (Lipinski definition) is 1. The van der Waals surface area contributed by atoms with Gasteiger partial charge in [-0.2, -0.15) is 0 Å². The summed E-state index contributed by atoms with van der Waals surface area (Å²) >= 11 is 0. The molecule has 5 nitrogen and oxygen atoms in total. The van der Waals surface area contributed by atoms with Gasteiger partial charge in [0.2, 0.25) is 10.0 Å². The Morgan fingerprint density at radius 1 is 1.04 bits per heavy atom. The molecular formula is C21H26N2O3S. The van der Waals surface area contributed by atoms with Crippen molar-refractivity contribution < 1.29 is 13.2 Å². The van der Waals surface area contributed by atoms with Crippen LogP contribution in [0.4, 0.5) is 5.69 Å². The Labute approximate surface area is 161 Å². The minimum atomic E-state index is -3.63. The summed E-state index contributed by atoms with van der Waals surface area (Å²) in [6.07, 6.45) is 5.00. The fourth-order valence-corrected chi connectivity index (χ4v) is 4.86. The lowest BCUT2D eigenvalue weighted by Crippen LogP contribution is -2.36. The molecule has 27 heavy (non-hydrogen) atoms. The van der Waals surface area contributed by atoms with Crippen LogP contribution in [0, 0.1) is 0 Å². The molecule has 1 saturated carbocycles. The second kappa shape index (κ2) is 8.67. The highest BCUT2D eigenvalue weighted by Crippen LogP contribution is 2.22. The molecule has 0 atom stereocenters. The number of sulfonamides is 1. The summed E-state index contributed by atoms with van der Waals surface area (Å²) in [7, 11) is -3.63. The summed E-state index contributed by atoms with van der Waals surface area (Å²) in [5.41, 5.74) is 1.16. The maximum Gasteiger partial charge on any atom is 0.258 e. The van der Waals surface area contributed by atoms with E-state index in [0.717, 1.165) is 37.8 Å². The molecule has 1 amide bonds. The van der Waals surface area contributed by atoms with Crippen molar-refractivity contribution >= 4 is 21.6 Å². The molecule has 0 aliphatic heterocycles. The number of carbonyl (C=O) groups excluding carboxylic acids is 1. The van der Waals surface area contributed by atoms with Crippen LogP contribution >= 0.6 is 0 Å². The second-order valence-electron chi connectivity index (χ2n) is 6.87. The molecule has 2 aromatic carbocycles. The Kier molecular flexibility index (Phi) is 6.29. The van der Waals surface area contributed by atoms with Crippen molar-refractivity contribution in [2.45, 2.75) is 50.0 Å². The van der Waals surface area contributed by atoms with Crippen LogP contribution in [-0.2, 0) is 10.0 Å². The van der Waals surface area contributed by atoms with E-state index < -0.39 is 10.0 Å². The Bertz CT molecular complexity index is 875. The molecule has 0 aromatic heterocycles. The van der Waals surface area contributed by atoms with Gasteiger partial charge in [-0.25, -0.2) is 13.1 Å². The van der Waals surface area contributed by atoms with E-state index in [0.29, 0.717) is 12.1 Å². The molecule has 2 aromatic rings. The van der Waals surface area contributed by atoms with Crippen molar-refractivity contribution in [1.82, 2.24) is 4.72 Å². The van der Waals surface area contributed by atoms with Gasteiger partial charge in [-0.15, -0.1) is 0 Å². The lowest BCUT2D eigenvalue weighted by Gasteiger charge is -2.23. The number of hydrogen-bond acceptors (Lipinski definition) is 3. The number of benzene rings is 2. The quantitative estimate of drug-likeness (QED) is 0.817. The number of anilines is 1. The third kappa shape index (κ3) is 4.76. The van der Waals surface area contributed by atoms with E-state index in [9.17, 15) is 13.2 Å². The van der Waals surface area contributed by atoms with Gasteiger partial charge in [0.1, 0.15) is 0 Å². The fourth-order valence-electron chi connectivity index (χ4n) is 3.51. The Morgan fingerprint density at radius 2 is 1.74 bits per heavy atom. The van der Waals surface area contributed by atoms with Gasteiger partial charge in [-0.1, -0.05) is 43.5 Å². The number of nitrogens with zero attached hydrogens (tertiary/aromatic N) is 1. The van der Waals surface area contributed by atoms with Crippen molar-refractivity contribution in [3.63, 3.8) is 0 Å². The number of amides is 1. The van der Waals surface area contributed by atoms with Crippen LogP contribution in [0.25, 0.3) is 0 Å². The van der Waals surface area contributed by atoms with Crippen molar-refractivity contribution in [2.75, 3.05) is 11.4 Å². The van der Waals surface area contributed by atoms with Crippen LogP contribution in [0.15, 0.2) is 59.5 Å². The van der Waals surface area contributed by atoms with E-state index in [-0.39, 0.29) is 16.8 Å². The fraction of sp³-hybridized carbons (Fsp3) is 0.381. The number of carbonyl (C=O) groups is 1. The van der Waals surface area contributed by atoms with Gasteiger partial charge in [0.15, 0.2) is 0 Å². The third-order valence-corrected chi connectivity index (χ3v) is 6.47. The Hall–Kier alpha value is -2.18. The zero-order valence-corrected chi connectivity index (χ0v) is 16.4. The molecule has 144 valence electrons. The molecule has 0 spiro atoms. The lowest BCUT2D eigenvalue weighted by molar-refractivity contribution is 0.0988. The largest absolute Gasteiger partial charge is 0.309 e. The predicted octanol–water partition coefficient (Wildman–Crippen LogP) is 3.96. The zero-order valence-electron chi connectivity index (χ0n) is 15.6. The van der Waals surface area contributed by atoms with Crippen LogP contribution in [0.5, 0.6) is 0 Å². The highest BCUT2D eigenvalue weighted by Gasteiger charge is 2.23. The first kappa shape index (κ1) is 19.6. The highest BCUT2D eigenvalue weighted by molar-refractivity contribution is 7.89. The van der Waals surface area contributed by atoms with Crippen LogP contribution in [0.2, 0.25) is 0 Å². The molecule has 0 saturated heterocycles. The van der Waals surface area contributed by atoms with Gasteiger partial charge in [-0.3, -0.25) is 4.79 Å². The summed E-state index contributed by atoms with van der Waals surface area (Å²) in [4.78, 5) is 14.7. The molecule has 6 heteroatoms. The normalized spacial score (nSPS) is 15.4. The van der Waals surface area contributed by atoms with E-state index in [1.165, 1.54) is 6.07 Å². The minimum Gasteiger partial charge on any atom is -0.309 e. The average molecular weight is 387 g/mol. The predicted molar refractivity (Wildman–Crippen MR) is 107 cm³/mol. The maximum absolute atomic E-state index is 13.0. The summed E-state index contributed by atoms with van der Waals surface area (Å²) < 4.78 is 28.3. The first-order valence-corrected chi connectivity index (χ1v) is 11.0. The van der Waals surface area contributed by atoms with Gasteiger partial charge in [0.05, 0.1) is 4.90 Å². The first-order chi connectivity index (χ1) is 13.0. The standard InChI is InChI=1S/C21H26N2O3S/c1-2-23(19-13-7-4-8-14-19)21(24)17-10-9-15-20(16-17)27(25,26)22-18-11-5-3-6-12-18/h4,7-10,13-16,18,22H,2-3,5-6,11-12H2,1H3. The van der Waals surface area contributed by atoms with E-state index in [1.807, 2.05) is 37.3 Å². The highest BCUT2D eigenvalue weighted by atomic mass is 32.2. The van der Waals surface area contributed by atoms with E-state index in [1.54, 1.807) is 23.1 Å². The molecule has 0 radical (unpaired) electrons. The molecule has 0 bridgehead atoms. The summed E-state index contributed by atoms with van der Waals surface area (Å²) in [6.45, 7) is 2.40. The summed E-state index contributed by atoms with van der Waals surface area (Å²) in [5.74, 6) is -0.210. The summed E-state index contributed by atoms with van der Waals surface area (Å²) in [6, 6.07) is 15.7. The van der Waals surface area contributed by atoms with Crippen LogP contribution in [0.1, 0.15) is 49.4 Å². The monoisotopic (exact) mass is 386 g/mol. The zero-order chi connectivity index (χ0) is 19.3. The third-order valence-electron chi connectivity index (χ3n) is 4.95. The SMILES string of the molecule is CCN(C(=O)c1cccc(S(=O)(=O)NC2CCCCC2)c1)c1ccccc1. The molecular weight excluding hydrogens is 360 g/mol. The molecule has 1 fully saturated rings. The van der Waals surface area contributed by atoms with Gasteiger partial charge in [0, 0.05) is 23.8 Å². The number of rotatable bonds is 6. The average Bonchev–Trinajstić information content (AvgIpc) is 2.70. The van der Waals surface area contributed by atoms with E-state index in [2.05, 4.69) is 4.72 Å². The van der Waals surface area contributed by atoms with Crippen molar-refractivity contribution in [3.05, 3.63) is 60.2 Å². The van der Waals surface area contributed by atoms with Crippen LogP contribution in [-0.4, -0.2) is 26.9 Å². The molecule has 0 heterocycles. The van der Waals surface area contributed by atoms with Crippen LogP contribution < -0.4 is 9.62 Å². The van der Waals surface area contributed by atoms with E-state index in [4.69, 9.17) is 0 Å². The van der Waals surface area contributed by atoms with Crippen molar-refractivity contribution in [2.24, 2.45) is 0 Å². The smallest absolute Gasteiger partial charge is 0.258 e. The maximum atomic E-state index is 13.0. The first-order valence-electron chi connectivity index (χ1n) is 9.50. The van der Waals surface area contributed by atoms with Crippen molar-refractivity contribution in [1.29, 1.82) is 0 Å². The van der Waals surface area contributed by atoms with Gasteiger partial charge >= 0.3 is 0 Å². The van der Waals surface area contributed by atoms with Gasteiger partial charge in [0.25, 0.3) is 5.91 Å². The topological polar surface area (TPSA) is 66.5 Å². The summed E-state index contributed by atoms with van der Waals surface area (Å²) in [5, 5.41) is 0. The number of nitrogens with one attached hydrogen (secondary N) is 1. The van der Waals surface area contributed by atoms with E-state index >= 15 is 0 Å². The van der Waals surface area contributed by atoms with Crippen molar-refractivity contribution in [3.8, 4) is 0 Å². The lowest BCUT2D eigenvalue weighted by atomic mass is 9.96. The minimum absolute atomic E-state index is 0.0143. The molecule has 0 unspecified atom stereocenters. The molecule has 3 rings (SSSR count). The number of para-hydroxylation sites is 1. The second-order valence-corrected chi connectivity index (χ2v) is 8.58. The Balaban J connectivity index is 1.82. The van der Waals surface area contributed by atoms with Gasteiger partial charge < -0.3 is 4.90 Å². The molecule has 1 aliphatic carbocycles. The molecule has 1 N–H and O–H groups in total. The van der Waals surface area contributed by atoms with Crippen LogP contribution in [0.3, 0.4) is 0 Å². The Morgan fingerprint density at radius 3 is 2.41 bits per heavy atom. The molecule has 1 aliphatic rings. The van der Waals surface area contributed by atoms with Gasteiger partial charge in [-0.05, 0) is 50.1 Å².